The van der Waals surface area contributed by atoms with Gasteiger partial charge in [0, 0.05) is 46.2 Å². The minimum absolute atomic E-state index is 0.00852. The summed E-state index contributed by atoms with van der Waals surface area (Å²) < 4.78 is 23.5. The Morgan fingerprint density at radius 2 is 1.94 bits per heavy atom. The molecule has 0 bridgehead atoms. The molecule has 3 heterocycles. The number of hydrogen-bond donors (Lipinski definition) is 2. The van der Waals surface area contributed by atoms with Crippen LogP contribution in [-0.4, -0.2) is 54.8 Å². The van der Waals surface area contributed by atoms with Gasteiger partial charge in [-0.3, -0.25) is 9.69 Å². The van der Waals surface area contributed by atoms with Crippen LogP contribution in [0.15, 0.2) is 48.5 Å². The maximum atomic E-state index is 12.8. The van der Waals surface area contributed by atoms with Gasteiger partial charge < -0.3 is 10.3 Å². The highest BCUT2D eigenvalue weighted by atomic mass is 35.5. The van der Waals surface area contributed by atoms with Gasteiger partial charge >= 0.3 is 0 Å². The number of nitrogens with zero attached hydrogens (tertiary/aromatic N) is 1. The van der Waals surface area contributed by atoms with Gasteiger partial charge in [-0.2, -0.15) is 0 Å². The summed E-state index contributed by atoms with van der Waals surface area (Å²) >= 11 is 6.61. The zero-order valence-electron chi connectivity index (χ0n) is 17.8. The van der Waals surface area contributed by atoms with E-state index in [9.17, 15) is 13.2 Å². The molecule has 2 N–H and O–H groups in total. The van der Waals surface area contributed by atoms with Gasteiger partial charge in [-0.05, 0) is 36.6 Å². The Morgan fingerprint density at radius 3 is 2.69 bits per heavy atom. The molecule has 0 aliphatic carbocycles. The Bertz CT molecular complexity index is 1290. The van der Waals surface area contributed by atoms with Crippen LogP contribution in [0.25, 0.3) is 10.9 Å². The smallest absolute Gasteiger partial charge is 0.234 e. The van der Waals surface area contributed by atoms with E-state index in [-0.39, 0.29) is 42.0 Å². The van der Waals surface area contributed by atoms with Crippen LogP contribution in [0.3, 0.4) is 0 Å². The highest BCUT2D eigenvalue weighted by Crippen LogP contribution is 2.44. The van der Waals surface area contributed by atoms with Crippen molar-refractivity contribution in [2.75, 3.05) is 24.6 Å². The van der Waals surface area contributed by atoms with Gasteiger partial charge in [0.2, 0.25) is 5.91 Å². The Hall–Kier alpha value is -2.35. The summed E-state index contributed by atoms with van der Waals surface area (Å²) in [6.07, 6.45) is 0.484. The number of nitrogens with one attached hydrogen (secondary N) is 2. The van der Waals surface area contributed by atoms with Crippen LogP contribution in [0.2, 0.25) is 5.02 Å². The van der Waals surface area contributed by atoms with E-state index in [1.165, 1.54) is 10.9 Å². The van der Waals surface area contributed by atoms with Crippen molar-refractivity contribution < 1.29 is 13.2 Å². The molecular weight excluding hydrogens is 446 g/mol. The van der Waals surface area contributed by atoms with Crippen LogP contribution in [0.5, 0.6) is 0 Å². The fourth-order valence-electron chi connectivity index (χ4n) is 5.14. The number of carbonyl (C=O) groups excluding carboxylic acids is 1. The molecule has 0 unspecified atom stereocenters. The molecule has 1 amide bonds. The molecule has 1 fully saturated rings. The first-order valence-electron chi connectivity index (χ1n) is 10.9. The fraction of sp³-hybridized carbons (Fsp3) is 0.375. The first kappa shape index (κ1) is 21.5. The van der Waals surface area contributed by atoms with Crippen molar-refractivity contribution >= 4 is 38.2 Å². The monoisotopic (exact) mass is 471 g/mol. The lowest BCUT2D eigenvalue weighted by atomic mass is 9.83. The molecule has 1 aromatic heterocycles. The summed E-state index contributed by atoms with van der Waals surface area (Å²) in [6.45, 7) is 2.95. The summed E-state index contributed by atoms with van der Waals surface area (Å²) in [6, 6.07) is 15.8. The highest BCUT2D eigenvalue weighted by Gasteiger charge is 2.37. The summed E-state index contributed by atoms with van der Waals surface area (Å²) in [5.74, 6) is 0.0514. The molecule has 1 saturated heterocycles. The maximum Gasteiger partial charge on any atom is 0.234 e. The van der Waals surface area contributed by atoms with Crippen molar-refractivity contribution in [1.82, 2.24) is 15.2 Å². The molecule has 3 aromatic rings. The molecule has 8 heteroatoms. The van der Waals surface area contributed by atoms with Gasteiger partial charge in [-0.1, -0.05) is 48.0 Å². The maximum absolute atomic E-state index is 12.8. The Morgan fingerprint density at radius 1 is 1.19 bits per heavy atom. The van der Waals surface area contributed by atoms with Crippen molar-refractivity contribution in [2.45, 2.75) is 31.3 Å². The van der Waals surface area contributed by atoms with Crippen LogP contribution in [0, 0.1) is 0 Å². The Kier molecular flexibility index (Phi) is 5.51. The number of sulfone groups is 1. The van der Waals surface area contributed by atoms with Crippen LogP contribution >= 0.6 is 11.6 Å². The van der Waals surface area contributed by atoms with E-state index < -0.39 is 9.84 Å². The van der Waals surface area contributed by atoms with Gasteiger partial charge in [0.15, 0.2) is 9.84 Å². The minimum atomic E-state index is -3.04. The topological polar surface area (TPSA) is 82.3 Å². The van der Waals surface area contributed by atoms with Crippen molar-refractivity contribution in [2.24, 2.45) is 0 Å². The van der Waals surface area contributed by atoms with Gasteiger partial charge in [-0.15, -0.1) is 0 Å². The summed E-state index contributed by atoms with van der Waals surface area (Å²) in [5, 5.41) is 4.81. The molecule has 2 aliphatic heterocycles. The Labute approximate surface area is 192 Å². The number of amides is 1. The lowest BCUT2D eigenvalue weighted by Crippen LogP contribution is -2.46. The van der Waals surface area contributed by atoms with E-state index in [2.05, 4.69) is 40.3 Å². The number of fused-ring (bicyclic) bond motifs is 3. The van der Waals surface area contributed by atoms with E-state index in [1.807, 2.05) is 30.3 Å². The lowest BCUT2D eigenvalue weighted by molar-refractivity contribution is -0.123. The summed E-state index contributed by atoms with van der Waals surface area (Å²) in [5.41, 5.74) is 4.45. The molecule has 0 radical (unpaired) electrons. The molecule has 0 spiro atoms. The molecule has 3 atom stereocenters. The van der Waals surface area contributed by atoms with Gasteiger partial charge in [0.25, 0.3) is 0 Å². The second kappa shape index (κ2) is 8.21. The van der Waals surface area contributed by atoms with E-state index in [0.717, 1.165) is 16.8 Å². The van der Waals surface area contributed by atoms with Crippen molar-refractivity contribution in [3.63, 3.8) is 0 Å². The Balaban J connectivity index is 1.47. The number of rotatable bonds is 4. The molecule has 0 saturated carbocycles. The quantitative estimate of drug-likeness (QED) is 0.608. The van der Waals surface area contributed by atoms with Crippen molar-refractivity contribution in [3.8, 4) is 0 Å². The first-order valence-corrected chi connectivity index (χ1v) is 13.1. The second-order valence-electron chi connectivity index (χ2n) is 8.84. The predicted octanol–water partition coefficient (Wildman–Crippen LogP) is 3.63. The lowest BCUT2D eigenvalue weighted by Gasteiger charge is -2.38. The second-order valence-corrected chi connectivity index (χ2v) is 11.5. The number of para-hydroxylation sites is 1. The standard InChI is InChI=1S/C24H26ClN3O3S/c1-15-24-23(18-7-3-5-9-21(18)27-24)19(17-6-2-4-8-20(17)25)12-28(15)13-22(29)26-16-10-11-32(30,31)14-16/h2-9,15-16,19,27H,10-14H2,1H3,(H,26,29)/t15-,16+,19+/m1/s1. The largest absolute Gasteiger partial charge is 0.357 e. The SMILES string of the molecule is C[C@@H]1c2[nH]c3ccccc3c2[C@H](c2ccccc2Cl)CN1CC(=O)N[C@H]1CCS(=O)(=O)C1. The average Bonchev–Trinajstić information content (AvgIpc) is 3.30. The molecule has 6 nitrogen and oxygen atoms in total. The number of aromatic amines is 1. The van der Waals surface area contributed by atoms with E-state index in [4.69, 9.17) is 11.6 Å². The first-order chi connectivity index (χ1) is 15.3. The third-order valence-corrected chi connectivity index (χ3v) is 8.84. The third kappa shape index (κ3) is 3.93. The molecule has 168 valence electrons. The third-order valence-electron chi connectivity index (χ3n) is 6.73. The van der Waals surface area contributed by atoms with Gasteiger partial charge in [-0.25, -0.2) is 8.42 Å². The number of carbonyl (C=O) groups is 1. The number of hydrogen-bond acceptors (Lipinski definition) is 4. The van der Waals surface area contributed by atoms with Gasteiger partial charge in [0.05, 0.1) is 18.1 Å². The normalized spacial score (nSPS) is 25.0. The number of aromatic nitrogens is 1. The van der Waals surface area contributed by atoms with E-state index >= 15 is 0 Å². The van der Waals surface area contributed by atoms with Crippen LogP contribution in [-0.2, 0) is 14.6 Å². The van der Waals surface area contributed by atoms with E-state index in [0.29, 0.717) is 18.0 Å². The molecular formula is C24H26ClN3O3S. The van der Waals surface area contributed by atoms with Crippen molar-refractivity contribution in [1.29, 1.82) is 0 Å². The van der Waals surface area contributed by atoms with Crippen LogP contribution in [0.1, 0.15) is 42.1 Å². The average molecular weight is 472 g/mol. The number of halogens is 1. The molecule has 2 aliphatic rings. The predicted molar refractivity (Wildman–Crippen MR) is 127 cm³/mol. The summed E-state index contributed by atoms with van der Waals surface area (Å²) in [7, 11) is -3.04. The zero-order chi connectivity index (χ0) is 22.5. The number of benzene rings is 2. The molecule has 32 heavy (non-hydrogen) atoms. The van der Waals surface area contributed by atoms with Gasteiger partial charge in [0.1, 0.15) is 0 Å². The van der Waals surface area contributed by atoms with Crippen LogP contribution in [0.4, 0.5) is 0 Å². The van der Waals surface area contributed by atoms with Crippen molar-refractivity contribution in [3.05, 3.63) is 70.4 Å². The molecule has 5 rings (SSSR count). The number of H-pyrrole nitrogens is 1. The van der Waals surface area contributed by atoms with E-state index in [1.54, 1.807) is 0 Å². The highest BCUT2D eigenvalue weighted by molar-refractivity contribution is 7.91. The zero-order valence-corrected chi connectivity index (χ0v) is 19.4. The fourth-order valence-corrected chi connectivity index (χ4v) is 7.08. The van der Waals surface area contributed by atoms with Crippen LogP contribution < -0.4 is 5.32 Å². The molecule has 2 aromatic carbocycles. The minimum Gasteiger partial charge on any atom is -0.357 e. The summed E-state index contributed by atoms with van der Waals surface area (Å²) in [4.78, 5) is 18.6.